The van der Waals surface area contributed by atoms with Gasteiger partial charge < -0.3 is 10.6 Å². The topological polar surface area (TPSA) is 87.5 Å². The Kier molecular flexibility index (Phi) is 7.29. The van der Waals surface area contributed by atoms with Crippen molar-refractivity contribution in [2.24, 2.45) is 11.8 Å². The number of hydrazine groups is 1. The van der Waals surface area contributed by atoms with Crippen LogP contribution >= 0.6 is 23.2 Å². The second-order valence-electron chi connectivity index (χ2n) is 8.40. The van der Waals surface area contributed by atoms with Crippen molar-refractivity contribution in [3.63, 3.8) is 0 Å². The fourth-order valence-electron chi connectivity index (χ4n) is 4.12. The molecular formula is C21H31Cl2N7. The van der Waals surface area contributed by atoms with Crippen molar-refractivity contribution in [1.82, 2.24) is 14.9 Å². The monoisotopic (exact) mass is 451 g/mol. The van der Waals surface area contributed by atoms with E-state index in [2.05, 4.69) is 52.7 Å². The van der Waals surface area contributed by atoms with Gasteiger partial charge in [-0.15, -0.1) is 0 Å². The second-order valence-corrected chi connectivity index (χ2v) is 9.17. The lowest BCUT2D eigenvalue weighted by molar-refractivity contribution is 0.146. The molecular weight excluding hydrogens is 421 g/mol. The van der Waals surface area contributed by atoms with Crippen molar-refractivity contribution in [2.75, 3.05) is 42.3 Å². The van der Waals surface area contributed by atoms with Gasteiger partial charge in [0.25, 0.3) is 0 Å². The van der Waals surface area contributed by atoms with Gasteiger partial charge in [-0.25, -0.2) is 5.84 Å². The highest BCUT2D eigenvalue weighted by atomic mass is 35.5. The normalized spacial score (nSPS) is 18.7. The van der Waals surface area contributed by atoms with Gasteiger partial charge in [0, 0.05) is 43.8 Å². The van der Waals surface area contributed by atoms with Gasteiger partial charge in [0.15, 0.2) is 11.6 Å². The van der Waals surface area contributed by atoms with Crippen LogP contribution in [0.1, 0.15) is 38.8 Å². The number of hydrogen-bond acceptors (Lipinski definition) is 7. The minimum atomic E-state index is 0.139. The maximum atomic E-state index is 6.34. The molecule has 2 atom stereocenters. The van der Waals surface area contributed by atoms with E-state index in [1.807, 2.05) is 12.1 Å². The van der Waals surface area contributed by atoms with Crippen LogP contribution in [-0.4, -0.2) is 47.6 Å². The first-order valence-corrected chi connectivity index (χ1v) is 11.0. The number of nitrogens with two attached hydrogens (primary N) is 2. The van der Waals surface area contributed by atoms with Crippen molar-refractivity contribution in [3.05, 3.63) is 40.1 Å². The van der Waals surface area contributed by atoms with E-state index in [0.29, 0.717) is 29.3 Å². The maximum absolute atomic E-state index is 6.34. The summed E-state index contributed by atoms with van der Waals surface area (Å²) >= 11 is 12.3. The van der Waals surface area contributed by atoms with Gasteiger partial charge in [-0.2, -0.15) is 9.97 Å². The third-order valence-corrected chi connectivity index (χ3v) is 5.95. The number of halogens is 2. The third-order valence-electron chi connectivity index (χ3n) is 5.53. The molecule has 4 N–H and O–H groups in total. The molecule has 2 heterocycles. The van der Waals surface area contributed by atoms with E-state index in [1.54, 1.807) is 7.05 Å². The molecule has 9 heteroatoms. The molecule has 1 fully saturated rings. The van der Waals surface area contributed by atoms with Crippen molar-refractivity contribution in [1.29, 1.82) is 0 Å². The Morgan fingerprint density at radius 3 is 2.40 bits per heavy atom. The summed E-state index contributed by atoms with van der Waals surface area (Å²) < 4.78 is 0. The van der Waals surface area contributed by atoms with E-state index < -0.39 is 0 Å². The highest BCUT2D eigenvalue weighted by Gasteiger charge is 2.32. The molecule has 3 rings (SSSR count). The van der Waals surface area contributed by atoms with Crippen molar-refractivity contribution < 1.29 is 0 Å². The first kappa shape index (κ1) is 22.9. The summed E-state index contributed by atoms with van der Waals surface area (Å²) in [5, 5.41) is 2.27. The van der Waals surface area contributed by atoms with Crippen LogP contribution in [0.4, 0.5) is 17.3 Å². The number of rotatable bonds is 6. The van der Waals surface area contributed by atoms with Crippen LogP contribution in [0, 0.1) is 5.92 Å². The molecule has 1 aromatic heterocycles. The van der Waals surface area contributed by atoms with E-state index in [4.69, 9.17) is 34.8 Å². The molecule has 2 unspecified atom stereocenters. The average molecular weight is 452 g/mol. The van der Waals surface area contributed by atoms with Crippen LogP contribution in [0.2, 0.25) is 10.3 Å². The number of anilines is 3. The van der Waals surface area contributed by atoms with E-state index in [0.717, 1.165) is 31.1 Å². The molecule has 2 aromatic rings. The number of piperazine rings is 1. The predicted octanol–water partition coefficient (Wildman–Crippen LogP) is 3.97. The lowest BCUT2D eigenvalue weighted by Gasteiger charge is -2.44. The zero-order valence-electron chi connectivity index (χ0n) is 18.0. The Morgan fingerprint density at radius 2 is 1.83 bits per heavy atom. The third kappa shape index (κ3) is 5.09. The van der Waals surface area contributed by atoms with Gasteiger partial charge in [-0.05, 0) is 48.6 Å². The number of nitrogens with zero attached hydrogens (tertiary/aromatic N) is 5. The summed E-state index contributed by atoms with van der Waals surface area (Å²) in [5.41, 5.74) is 8.08. The maximum Gasteiger partial charge on any atom is 0.226 e. The first-order valence-electron chi connectivity index (χ1n) is 10.2. The van der Waals surface area contributed by atoms with Gasteiger partial charge in [-0.1, -0.05) is 37.6 Å². The van der Waals surface area contributed by atoms with Crippen LogP contribution in [0.3, 0.4) is 0 Å². The molecule has 1 aliphatic heterocycles. The smallest absolute Gasteiger partial charge is 0.226 e. The molecule has 0 amide bonds. The summed E-state index contributed by atoms with van der Waals surface area (Å²) in [6, 6.07) is 8.75. The lowest BCUT2D eigenvalue weighted by Crippen LogP contribution is -2.53. The Bertz CT molecular complexity index is 857. The van der Waals surface area contributed by atoms with E-state index in [9.17, 15) is 0 Å². The summed E-state index contributed by atoms with van der Waals surface area (Å²) in [6.45, 7) is 9.26. The minimum Gasteiger partial charge on any atom is -0.393 e. The van der Waals surface area contributed by atoms with E-state index >= 15 is 0 Å². The molecule has 0 bridgehead atoms. The minimum absolute atomic E-state index is 0.139. The summed E-state index contributed by atoms with van der Waals surface area (Å²) in [6.07, 6.45) is 1.08. The number of benzene rings is 1. The van der Waals surface area contributed by atoms with Gasteiger partial charge in [-0.3, -0.25) is 9.91 Å². The second kappa shape index (κ2) is 9.56. The van der Waals surface area contributed by atoms with Crippen molar-refractivity contribution in [3.8, 4) is 0 Å². The Morgan fingerprint density at radius 1 is 1.17 bits per heavy atom. The predicted molar refractivity (Wildman–Crippen MR) is 126 cm³/mol. The Labute approximate surface area is 188 Å². The SMILES string of the molecule is CC(C)CC(c1ccc(Cl)cc1)N1CCN(c2nc(Cl)nc(N(C)N)c2N)C(C)C1. The molecule has 1 aliphatic rings. The fraction of sp³-hybridized carbons (Fsp3) is 0.524. The standard InChI is InChI=1S/C21H31Cl2N7/c1-13(2)11-17(15-5-7-16(22)8-6-15)29-9-10-30(14(3)12-29)20-18(24)19(28(4)25)26-21(23)27-20/h5-8,13-14,17H,9-12,24-25H2,1-4H3. The van der Waals surface area contributed by atoms with Crippen LogP contribution in [0.25, 0.3) is 0 Å². The molecule has 0 aliphatic carbocycles. The largest absolute Gasteiger partial charge is 0.393 e. The number of hydrogen-bond donors (Lipinski definition) is 2. The van der Waals surface area contributed by atoms with Crippen LogP contribution in [0.5, 0.6) is 0 Å². The van der Waals surface area contributed by atoms with E-state index in [1.165, 1.54) is 10.6 Å². The van der Waals surface area contributed by atoms with Gasteiger partial charge in [0.05, 0.1) is 0 Å². The number of nitrogen functional groups attached to an aromatic ring is 1. The Hall–Kier alpha value is -1.80. The summed E-state index contributed by atoms with van der Waals surface area (Å²) in [4.78, 5) is 13.3. The first-order chi connectivity index (χ1) is 14.2. The van der Waals surface area contributed by atoms with Crippen LogP contribution in [-0.2, 0) is 0 Å². The molecule has 30 heavy (non-hydrogen) atoms. The average Bonchev–Trinajstić information content (AvgIpc) is 2.68. The molecule has 1 aromatic carbocycles. The van der Waals surface area contributed by atoms with Gasteiger partial charge in [0.2, 0.25) is 5.28 Å². The quantitative estimate of drug-likeness (QED) is 0.390. The molecule has 0 saturated carbocycles. The lowest BCUT2D eigenvalue weighted by atomic mass is 9.94. The number of aromatic nitrogens is 2. The van der Waals surface area contributed by atoms with E-state index in [-0.39, 0.29) is 11.3 Å². The molecule has 1 saturated heterocycles. The summed E-state index contributed by atoms with van der Waals surface area (Å²) in [5.74, 6) is 7.52. The highest BCUT2D eigenvalue weighted by Crippen LogP contribution is 2.35. The van der Waals surface area contributed by atoms with Crippen molar-refractivity contribution >= 4 is 40.5 Å². The van der Waals surface area contributed by atoms with Gasteiger partial charge in [0.1, 0.15) is 5.69 Å². The van der Waals surface area contributed by atoms with Gasteiger partial charge >= 0.3 is 0 Å². The zero-order valence-corrected chi connectivity index (χ0v) is 19.5. The molecule has 7 nitrogen and oxygen atoms in total. The molecule has 0 spiro atoms. The molecule has 164 valence electrons. The zero-order chi connectivity index (χ0) is 22.0. The Balaban J connectivity index is 1.84. The van der Waals surface area contributed by atoms with Crippen LogP contribution < -0.4 is 21.5 Å². The van der Waals surface area contributed by atoms with Crippen LogP contribution in [0.15, 0.2) is 24.3 Å². The summed E-state index contributed by atoms with van der Waals surface area (Å²) in [7, 11) is 1.68. The fourth-order valence-corrected chi connectivity index (χ4v) is 4.41. The molecule has 0 radical (unpaired) electrons. The highest BCUT2D eigenvalue weighted by molar-refractivity contribution is 6.30. The van der Waals surface area contributed by atoms with Crippen molar-refractivity contribution in [2.45, 2.75) is 39.3 Å².